The molecule has 0 aliphatic heterocycles. The van der Waals surface area contributed by atoms with Crippen molar-refractivity contribution in [3.63, 3.8) is 0 Å². The van der Waals surface area contributed by atoms with Gasteiger partial charge in [0.05, 0.1) is 13.2 Å². The summed E-state index contributed by atoms with van der Waals surface area (Å²) in [5, 5.41) is 19.0. The topological polar surface area (TPSA) is 74.6 Å². The molecular weight excluding hydrogens is 328 g/mol. The van der Waals surface area contributed by atoms with Gasteiger partial charge in [0.15, 0.2) is 11.6 Å². The van der Waals surface area contributed by atoms with Crippen molar-refractivity contribution in [3.05, 3.63) is 57.7 Å². The maximum atomic E-state index is 13.0. The van der Waals surface area contributed by atoms with Crippen molar-refractivity contribution in [2.75, 3.05) is 13.2 Å². The molecular formula is C22H28O4. The highest BCUT2D eigenvalue weighted by molar-refractivity contribution is 6.13. The summed E-state index contributed by atoms with van der Waals surface area (Å²) in [6.45, 7) is 11.2. The molecule has 2 N–H and O–H groups in total. The van der Waals surface area contributed by atoms with Gasteiger partial charge in [0.1, 0.15) is 0 Å². The predicted octanol–water partition coefficient (Wildman–Crippen LogP) is 3.23. The Kier molecular flexibility index (Phi) is 5.41. The quantitative estimate of drug-likeness (QED) is 0.797. The number of carbonyl (C=O) groups is 2. The van der Waals surface area contributed by atoms with Gasteiger partial charge >= 0.3 is 0 Å². The van der Waals surface area contributed by atoms with Crippen molar-refractivity contribution >= 4 is 11.6 Å². The zero-order chi connectivity index (χ0) is 19.9. The molecule has 26 heavy (non-hydrogen) atoms. The molecule has 0 amide bonds. The van der Waals surface area contributed by atoms with Gasteiger partial charge in [0, 0.05) is 22.3 Å². The van der Waals surface area contributed by atoms with E-state index in [-0.39, 0.29) is 33.5 Å². The third-order valence-corrected chi connectivity index (χ3v) is 4.62. The van der Waals surface area contributed by atoms with E-state index in [1.807, 2.05) is 53.7 Å². The van der Waals surface area contributed by atoms with Gasteiger partial charge in [-0.15, -0.1) is 0 Å². The lowest BCUT2D eigenvalue weighted by molar-refractivity contribution is -0.114. The third-order valence-electron chi connectivity index (χ3n) is 4.62. The number of aliphatic hydroxyl groups excluding tert-OH is 2. The normalized spacial score (nSPS) is 19.2. The van der Waals surface area contributed by atoms with Crippen LogP contribution >= 0.6 is 0 Å². The molecule has 0 aromatic carbocycles. The first-order chi connectivity index (χ1) is 11.9. The first-order valence-electron chi connectivity index (χ1n) is 8.81. The largest absolute Gasteiger partial charge is 0.392 e. The maximum Gasteiger partial charge on any atom is 0.189 e. The molecule has 0 atom stereocenters. The monoisotopic (exact) mass is 356 g/mol. The lowest BCUT2D eigenvalue weighted by atomic mass is 9.71. The van der Waals surface area contributed by atoms with E-state index < -0.39 is 13.2 Å². The van der Waals surface area contributed by atoms with Crippen LogP contribution in [0.15, 0.2) is 57.7 Å². The predicted molar refractivity (Wildman–Crippen MR) is 102 cm³/mol. The first kappa shape index (κ1) is 20.3. The van der Waals surface area contributed by atoms with Crippen LogP contribution in [0.4, 0.5) is 0 Å². The van der Waals surface area contributed by atoms with E-state index in [2.05, 4.69) is 0 Å². The molecule has 0 fully saturated rings. The van der Waals surface area contributed by atoms with Crippen molar-refractivity contribution in [2.24, 2.45) is 10.8 Å². The summed E-state index contributed by atoms with van der Waals surface area (Å²) >= 11 is 0. The van der Waals surface area contributed by atoms with Gasteiger partial charge in [-0.3, -0.25) is 9.59 Å². The zero-order valence-corrected chi connectivity index (χ0v) is 16.4. The Balaban J connectivity index is 2.77. The van der Waals surface area contributed by atoms with E-state index in [1.165, 1.54) is 0 Å². The SMILES string of the molecule is CC(C)(C)C1=CC(=C2C=C(CO)C(=O)C(CO)=C2)C=C(C(C)(C)C)C1=O. The van der Waals surface area contributed by atoms with Crippen molar-refractivity contribution < 1.29 is 19.8 Å². The van der Waals surface area contributed by atoms with Gasteiger partial charge in [-0.25, -0.2) is 0 Å². The third kappa shape index (κ3) is 3.87. The number of hydrogen-bond acceptors (Lipinski definition) is 4. The number of ketones is 2. The summed E-state index contributed by atoms with van der Waals surface area (Å²) in [5.74, 6) is -0.301. The van der Waals surface area contributed by atoms with Crippen LogP contribution in [-0.4, -0.2) is 35.0 Å². The Hall–Kier alpha value is -2.04. The standard InChI is InChI=1S/C22H28O4/c1-21(2,3)17-9-14(10-18(20(17)26)22(4,5)6)13-7-15(11-23)19(25)16(8-13)12-24/h7-10,23-24H,11-12H2,1-6H3. The van der Waals surface area contributed by atoms with Gasteiger partial charge in [-0.1, -0.05) is 41.5 Å². The van der Waals surface area contributed by atoms with Gasteiger partial charge in [0.2, 0.25) is 0 Å². The van der Waals surface area contributed by atoms with Gasteiger partial charge in [-0.2, -0.15) is 0 Å². The summed E-state index contributed by atoms with van der Waals surface area (Å²) < 4.78 is 0. The summed E-state index contributed by atoms with van der Waals surface area (Å²) in [5.41, 5.74) is 2.78. The number of aliphatic hydroxyl groups is 2. The average molecular weight is 356 g/mol. The van der Waals surface area contributed by atoms with E-state index in [0.29, 0.717) is 16.7 Å². The van der Waals surface area contributed by atoms with Gasteiger partial charge < -0.3 is 10.2 Å². The molecule has 0 radical (unpaired) electrons. The molecule has 140 valence electrons. The highest BCUT2D eigenvalue weighted by atomic mass is 16.3. The molecule has 0 spiro atoms. The van der Waals surface area contributed by atoms with Crippen molar-refractivity contribution in [3.8, 4) is 0 Å². The molecule has 2 aliphatic carbocycles. The van der Waals surface area contributed by atoms with Crippen LogP contribution < -0.4 is 0 Å². The van der Waals surface area contributed by atoms with E-state index >= 15 is 0 Å². The molecule has 2 aliphatic rings. The Morgan fingerprint density at radius 3 is 1.31 bits per heavy atom. The molecule has 0 saturated heterocycles. The number of allylic oxidation sites excluding steroid dienone is 8. The Morgan fingerprint density at radius 1 is 0.654 bits per heavy atom. The second kappa shape index (κ2) is 6.93. The van der Waals surface area contributed by atoms with Crippen LogP contribution in [0.3, 0.4) is 0 Å². The molecule has 0 aromatic rings. The highest BCUT2D eigenvalue weighted by Gasteiger charge is 2.34. The van der Waals surface area contributed by atoms with Crippen LogP contribution in [0.2, 0.25) is 0 Å². The maximum absolute atomic E-state index is 13.0. The van der Waals surface area contributed by atoms with Crippen LogP contribution in [0, 0.1) is 10.8 Å². The van der Waals surface area contributed by atoms with Crippen LogP contribution in [0.5, 0.6) is 0 Å². The Labute approximate surface area is 155 Å². The summed E-state index contributed by atoms with van der Waals surface area (Å²) in [4.78, 5) is 25.2. The molecule has 0 unspecified atom stereocenters. The van der Waals surface area contributed by atoms with Gasteiger partial charge in [0.25, 0.3) is 0 Å². The molecule has 0 heterocycles. The fourth-order valence-corrected chi connectivity index (χ4v) is 3.07. The zero-order valence-electron chi connectivity index (χ0n) is 16.4. The minimum Gasteiger partial charge on any atom is -0.392 e. The second-order valence-corrected chi connectivity index (χ2v) is 8.84. The summed E-state index contributed by atoms with van der Waals surface area (Å²) in [6, 6.07) is 0. The van der Waals surface area contributed by atoms with Crippen LogP contribution in [-0.2, 0) is 9.59 Å². The van der Waals surface area contributed by atoms with E-state index in [9.17, 15) is 19.8 Å². The smallest absolute Gasteiger partial charge is 0.189 e. The second-order valence-electron chi connectivity index (χ2n) is 8.84. The van der Waals surface area contributed by atoms with E-state index in [4.69, 9.17) is 0 Å². The first-order valence-corrected chi connectivity index (χ1v) is 8.81. The fraction of sp³-hybridized carbons (Fsp3) is 0.455. The lowest BCUT2D eigenvalue weighted by Crippen LogP contribution is -2.28. The molecule has 4 nitrogen and oxygen atoms in total. The van der Waals surface area contributed by atoms with Crippen molar-refractivity contribution in [2.45, 2.75) is 41.5 Å². The summed E-state index contributed by atoms with van der Waals surface area (Å²) in [7, 11) is 0. The van der Waals surface area contributed by atoms with Crippen molar-refractivity contribution in [1.29, 1.82) is 0 Å². The van der Waals surface area contributed by atoms with Crippen molar-refractivity contribution in [1.82, 2.24) is 0 Å². The van der Waals surface area contributed by atoms with Crippen LogP contribution in [0.25, 0.3) is 0 Å². The highest BCUT2D eigenvalue weighted by Crippen LogP contribution is 2.40. The molecule has 2 rings (SSSR count). The van der Waals surface area contributed by atoms with Gasteiger partial charge in [-0.05, 0) is 46.3 Å². The van der Waals surface area contributed by atoms with E-state index in [0.717, 1.165) is 5.57 Å². The minimum absolute atomic E-state index is 0.0407. The summed E-state index contributed by atoms with van der Waals surface area (Å²) in [6.07, 6.45) is 7.00. The number of hydrogen-bond donors (Lipinski definition) is 2. The molecule has 0 aromatic heterocycles. The van der Waals surface area contributed by atoms with E-state index in [1.54, 1.807) is 12.2 Å². The number of Topliss-reactive ketones (excluding diaryl/α,β-unsaturated/α-hetero) is 2. The Bertz CT molecular complexity index is 738. The molecule has 0 bridgehead atoms. The molecule has 0 saturated carbocycles. The molecule has 4 heteroatoms. The Morgan fingerprint density at radius 2 is 1.00 bits per heavy atom. The number of rotatable bonds is 2. The van der Waals surface area contributed by atoms with Crippen LogP contribution in [0.1, 0.15) is 41.5 Å². The lowest BCUT2D eigenvalue weighted by Gasteiger charge is -2.32. The minimum atomic E-state index is -0.391. The number of carbonyl (C=O) groups excluding carboxylic acids is 2. The fourth-order valence-electron chi connectivity index (χ4n) is 3.07. The average Bonchev–Trinajstić information content (AvgIpc) is 2.53.